The Labute approximate surface area is 190 Å². The van der Waals surface area contributed by atoms with Gasteiger partial charge in [-0.05, 0) is 55.8 Å². The van der Waals surface area contributed by atoms with Crippen molar-refractivity contribution in [3.05, 3.63) is 52.7 Å². The zero-order valence-electron chi connectivity index (χ0n) is 18.7. The minimum Gasteiger partial charge on any atom is -0.497 e. The van der Waals surface area contributed by atoms with Crippen LogP contribution < -0.4 is 20.3 Å². The second-order valence-electron chi connectivity index (χ2n) is 7.64. The fourth-order valence-corrected chi connectivity index (χ4v) is 3.72. The first-order chi connectivity index (χ1) is 15.1. The molecule has 0 spiro atoms. The highest BCUT2D eigenvalue weighted by molar-refractivity contribution is 6.31. The number of hydrogen-bond donors (Lipinski definition) is 2. The first-order valence-electron chi connectivity index (χ1n) is 10.8. The lowest BCUT2D eigenvalue weighted by molar-refractivity contribution is 0.312. The van der Waals surface area contributed by atoms with Gasteiger partial charge in [-0.3, -0.25) is 0 Å². The van der Waals surface area contributed by atoms with Crippen molar-refractivity contribution >= 4 is 23.4 Å². The molecule has 1 fully saturated rings. The summed E-state index contributed by atoms with van der Waals surface area (Å²) in [6, 6.07) is 9.96. The minimum absolute atomic E-state index is 0.599. The fourth-order valence-electron chi connectivity index (χ4n) is 3.45. The normalized spacial score (nSPS) is 15.1. The molecule has 0 bridgehead atoms. The van der Waals surface area contributed by atoms with Crippen LogP contribution in [0.3, 0.4) is 0 Å². The summed E-state index contributed by atoms with van der Waals surface area (Å²) in [5, 5.41) is 7.42. The Bertz CT molecular complexity index is 867. The maximum Gasteiger partial charge on any atom is 0.191 e. The van der Waals surface area contributed by atoms with E-state index >= 15 is 0 Å². The average Bonchev–Trinajstić information content (AvgIpc) is 2.79. The number of halogens is 1. The Balaban J connectivity index is 1.56. The van der Waals surface area contributed by atoms with Gasteiger partial charge >= 0.3 is 0 Å². The Morgan fingerprint density at radius 1 is 1.16 bits per heavy atom. The molecule has 2 aromatic rings. The standard InChI is InChI=1S/C23H33ClN6O/c1-4-25-23(27-10-8-19-5-6-20(31-3)16-21(19)24)28-17-18-7-9-26-22(15-18)30-13-11-29(2)12-14-30/h5-7,9,15-16H,4,8,10-14,17H2,1-3H3,(H2,25,27,28). The fraction of sp³-hybridized carbons (Fsp3) is 0.478. The molecule has 7 nitrogen and oxygen atoms in total. The van der Waals surface area contributed by atoms with Gasteiger partial charge in [-0.15, -0.1) is 0 Å². The van der Waals surface area contributed by atoms with E-state index in [1.54, 1.807) is 7.11 Å². The second kappa shape index (κ2) is 11.8. The third-order valence-electron chi connectivity index (χ3n) is 5.35. The molecule has 1 aliphatic heterocycles. The molecule has 1 aromatic carbocycles. The number of anilines is 1. The van der Waals surface area contributed by atoms with E-state index in [9.17, 15) is 0 Å². The van der Waals surface area contributed by atoms with Crippen LogP contribution in [0, 0.1) is 0 Å². The van der Waals surface area contributed by atoms with Gasteiger partial charge in [0.05, 0.1) is 13.7 Å². The summed E-state index contributed by atoms with van der Waals surface area (Å²) >= 11 is 6.35. The number of pyridine rings is 1. The maximum atomic E-state index is 6.35. The number of guanidine groups is 1. The molecule has 1 aromatic heterocycles. The quantitative estimate of drug-likeness (QED) is 0.482. The summed E-state index contributed by atoms with van der Waals surface area (Å²) in [5.41, 5.74) is 2.23. The maximum absolute atomic E-state index is 6.35. The van der Waals surface area contributed by atoms with Gasteiger partial charge in [0.2, 0.25) is 0 Å². The highest BCUT2D eigenvalue weighted by Gasteiger charge is 2.15. The SMILES string of the molecule is CCNC(=NCc1ccnc(N2CCN(C)CC2)c1)NCCc1ccc(OC)cc1Cl. The number of aromatic nitrogens is 1. The number of piperazine rings is 1. The van der Waals surface area contributed by atoms with Gasteiger partial charge in [-0.2, -0.15) is 0 Å². The predicted octanol–water partition coefficient (Wildman–Crippen LogP) is 2.79. The summed E-state index contributed by atoms with van der Waals surface area (Å²) in [6.45, 7) is 8.35. The van der Waals surface area contributed by atoms with Crippen LogP contribution in [0.2, 0.25) is 5.02 Å². The summed E-state index contributed by atoms with van der Waals surface area (Å²) < 4.78 is 5.21. The lowest BCUT2D eigenvalue weighted by atomic mass is 10.1. The third-order valence-corrected chi connectivity index (χ3v) is 5.70. The number of hydrogen-bond acceptors (Lipinski definition) is 5. The molecule has 2 heterocycles. The first kappa shape index (κ1) is 23.2. The van der Waals surface area contributed by atoms with Gasteiger partial charge in [0.15, 0.2) is 5.96 Å². The van der Waals surface area contributed by atoms with Crippen molar-refractivity contribution < 1.29 is 4.74 Å². The molecule has 0 atom stereocenters. The van der Waals surface area contributed by atoms with Gasteiger partial charge in [-0.1, -0.05) is 17.7 Å². The van der Waals surface area contributed by atoms with E-state index < -0.39 is 0 Å². The van der Waals surface area contributed by atoms with Crippen LogP contribution in [0.1, 0.15) is 18.1 Å². The van der Waals surface area contributed by atoms with Crippen LogP contribution in [0.5, 0.6) is 5.75 Å². The number of nitrogens with one attached hydrogen (secondary N) is 2. The topological polar surface area (TPSA) is 65.0 Å². The first-order valence-corrected chi connectivity index (χ1v) is 11.2. The molecule has 2 N–H and O–H groups in total. The Morgan fingerprint density at radius 2 is 1.97 bits per heavy atom. The van der Waals surface area contributed by atoms with Crippen LogP contribution in [-0.2, 0) is 13.0 Å². The summed E-state index contributed by atoms with van der Waals surface area (Å²) in [4.78, 5) is 14.0. The van der Waals surface area contributed by atoms with E-state index in [-0.39, 0.29) is 0 Å². The van der Waals surface area contributed by atoms with Gasteiger partial charge < -0.3 is 25.2 Å². The molecule has 31 heavy (non-hydrogen) atoms. The molecule has 1 aliphatic rings. The average molecular weight is 445 g/mol. The molecule has 8 heteroatoms. The van der Waals surface area contributed by atoms with Crippen LogP contribution in [0.4, 0.5) is 5.82 Å². The molecule has 0 saturated carbocycles. The van der Waals surface area contributed by atoms with E-state index in [1.807, 2.05) is 30.5 Å². The molecule has 1 saturated heterocycles. The summed E-state index contributed by atoms with van der Waals surface area (Å²) in [6.07, 6.45) is 2.68. The van der Waals surface area contributed by atoms with E-state index in [4.69, 9.17) is 21.3 Å². The molecular weight excluding hydrogens is 412 g/mol. The van der Waals surface area contributed by atoms with Crippen molar-refractivity contribution in [2.45, 2.75) is 19.9 Å². The van der Waals surface area contributed by atoms with Crippen molar-refractivity contribution in [3.8, 4) is 5.75 Å². The van der Waals surface area contributed by atoms with E-state index in [0.29, 0.717) is 6.54 Å². The molecular formula is C23H33ClN6O. The van der Waals surface area contributed by atoms with Crippen LogP contribution in [0.15, 0.2) is 41.5 Å². The molecule has 168 valence electrons. The predicted molar refractivity (Wildman–Crippen MR) is 128 cm³/mol. The zero-order chi connectivity index (χ0) is 22.1. The lowest BCUT2D eigenvalue weighted by Gasteiger charge is -2.33. The number of methoxy groups -OCH3 is 1. The van der Waals surface area contributed by atoms with Crippen molar-refractivity contribution in [1.82, 2.24) is 20.5 Å². The van der Waals surface area contributed by atoms with Crippen LogP contribution in [-0.4, -0.2) is 69.3 Å². The van der Waals surface area contributed by atoms with Crippen molar-refractivity contribution in [2.24, 2.45) is 4.99 Å². The molecule has 0 radical (unpaired) electrons. The lowest BCUT2D eigenvalue weighted by Crippen LogP contribution is -2.44. The van der Waals surface area contributed by atoms with Crippen LogP contribution >= 0.6 is 11.6 Å². The minimum atomic E-state index is 0.599. The largest absolute Gasteiger partial charge is 0.497 e. The third kappa shape index (κ3) is 7.01. The summed E-state index contributed by atoms with van der Waals surface area (Å²) in [7, 11) is 3.80. The highest BCUT2D eigenvalue weighted by atomic mass is 35.5. The Morgan fingerprint density at radius 3 is 2.68 bits per heavy atom. The smallest absolute Gasteiger partial charge is 0.191 e. The molecule has 0 amide bonds. The number of nitrogens with zero attached hydrogens (tertiary/aromatic N) is 4. The Kier molecular flexibility index (Phi) is 8.79. The van der Waals surface area contributed by atoms with Gasteiger partial charge in [0.25, 0.3) is 0 Å². The van der Waals surface area contributed by atoms with Gasteiger partial charge in [-0.25, -0.2) is 9.98 Å². The molecule has 0 aliphatic carbocycles. The van der Waals surface area contributed by atoms with Crippen LogP contribution in [0.25, 0.3) is 0 Å². The van der Waals surface area contributed by atoms with Crippen molar-refractivity contribution in [2.75, 3.05) is 58.3 Å². The second-order valence-corrected chi connectivity index (χ2v) is 8.05. The van der Waals surface area contributed by atoms with Crippen molar-refractivity contribution in [3.63, 3.8) is 0 Å². The number of benzene rings is 1. The molecule has 0 unspecified atom stereocenters. The molecule has 3 rings (SSSR count). The summed E-state index contributed by atoms with van der Waals surface area (Å²) in [5.74, 6) is 2.60. The highest BCUT2D eigenvalue weighted by Crippen LogP contribution is 2.22. The number of ether oxygens (including phenoxy) is 1. The zero-order valence-corrected chi connectivity index (χ0v) is 19.5. The number of aliphatic imine (C=N–C) groups is 1. The number of rotatable bonds is 8. The van der Waals surface area contributed by atoms with E-state index in [1.165, 1.54) is 0 Å². The number of likely N-dealkylation sites (N-methyl/N-ethyl adjacent to an activating group) is 1. The van der Waals surface area contributed by atoms with Gasteiger partial charge in [0.1, 0.15) is 11.6 Å². The monoisotopic (exact) mass is 444 g/mol. The van der Waals surface area contributed by atoms with Crippen molar-refractivity contribution in [1.29, 1.82) is 0 Å². The van der Waals surface area contributed by atoms with E-state index in [2.05, 4.69) is 45.5 Å². The van der Waals surface area contributed by atoms with Gasteiger partial charge in [0, 0.05) is 50.5 Å². The van der Waals surface area contributed by atoms with E-state index in [0.717, 1.165) is 79.4 Å². The Hall–Kier alpha value is -2.51.